The van der Waals surface area contributed by atoms with Gasteiger partial charge in [0.15, 0.2) is 5.82 Å². The molecule has 102 valence electrons. The summed E-state index contributed by atoms with van der Waals surface area (Å²) < 4.78 is 28.4. The Kier molecular flexibility index (Phi) is 3.36. The molecule has 6 heteroatoms. The third kappa shape index (κ3) is 2.63. The number of benzene rings is 1. The minimum atomic E-state index is -0.646. The molecule has 1 aromatic carbocycles. The molecule has 0 radical (unpaired) electrons. The van der Waals surface area contributed by atoms with E-state index in [0.717, 1.165) is 6.07 Å². The lowest BCUT2D eigenvalue weighted by atomic mass is 10.1. The van der Waals surface area contributed by atoms with Gasteiger partial charge in [0.05, 0.1) is 6.54 Å². The highest BCUT2D eigenvalue weighted by Gasteiger charge is 2.23. The van der Waals surface area contributed by atoms with Crippen LogP contribution in [0.1, 0.15) is 26.6 Å². The molecule has 0 unspecified atom stereocenters. The average Bonchev–Trinajstić information content (AvgIpc) is 2.70. The van der Waals surface area contributed by atoms with E-state index in [2.05, 4.69) is 10.2 Å². The molecule has 1 aromatic heterocycles. The van der Waals surface area contributed by atoms with Crippen LogP contribution in [0.25, 0.3) is 11.4 Å². The number of aromatic nitrogens is 3. The van der Waals surface area contributed by atoms with Gasteiger partial charge in [-0.05, 0) is 32.9 Å². The van der Waals surface area contributed by atoms with Crippen LogP contribution in [0.15, 0.2) is 18.2 Å². The van der Waals surface area contributed by atoms with Gasteiger partial charge in [0.1, 0.15) is 17.5 Å². The predicted molar refractivity (Wildman–Crippen MR) is 68.3 cm³/mol. The van der Waals surface area contributed by atoms with Crippen LogP contribution >= 0.6 is 0 Å². The number of nitrogens with zero attached hydrogens (tertiary/aromatic N) is 3. The molecule has 2 rings (SSSR count). The molecule has 0 amide bonds. The van der Waals surface area contributed by atoms with Crippen molar-refractivity contribution >= 4 is 0 Å². The van der Waals surface area contributed by atoms with Crippen LogP contribution in [0.5, 0.6) is 0 Å². The summed E-state index contributed by atoms with van der Waals surface area (Å²) in [5.74, 6) is -0.306. The minimum absolute atomic E-state index is 0.210. The number of halogens is 2. The zero-order valence-electron chi connectivity index (χ0n) is 11.1. The maximum atomic E-state index is 13.3. The highest BCUT2D eigenvalue weighted by atomic mass is 19.1. The smallest absolute Gasteiger partial charge is 0.164 e. The van der Waals surface area contributed by atoms with E-state index in [-0.39, 0.29) is 12.1 Å². The number of hydrogen-bond donors (Lipinski definition) is 1. The molecular weight excluding hydrogens is 250 g/mol. The lowest BCUT2D eigenvalue weighted by Gasteiger charge is -2.24. The maximum absolute atomic E-state index is 13.3. The second-order valence-electron chi connectivity index (χ2n) is 5.31. The van der Waals surface area contributed by atoms with Gasteiger partial charge in [0, 0.05) is 17.2 Å². The zero-order valence-corrected chi connectivity index (χ0v) is 11.1. The zero-order chi connectivity index (χ0) is 14.2. The quantitative estimate of drug-likeness (QED) is 0.908. The van der Waals surface area contributed by atoms with Crippen molar-refractivity contribution in [1.29, 1.82) is 0 Å². The summed E-state index contributed by atoms with van der Waals surface area (Å²) in [6, 6.07) is 3.29. The molecule has 0 aliphatic carbocycles. The first-order chi connectivity index (χ1) is 8.82. The van der Waals surface area contributed by atoms with Crippen molar-refractivity contribution in [3.8, 4) is 11.4 Å². The number of rotatable bonds is 2. The van der Waals surface area contributed by atoms with E-state index in [9.17, 15) is 8.78 Å². The molecule has 0 aliphatic heterocycles. The van der Waals surface area contributed by atoms with Gasteiger partial charge in [-0.3, -0.25) is 0 Å². The average molecular weight is 266 g/mol. The summed E-state index contributed by atoms with van der Waals surface area (Å²) in [5, 5.41) is 7.99. The fourth-order valence-corrected chi connectivity index (χ4v) is 2.02. The van der Waals surface area contributed by atoms with Crippen molar-refractivity contribution in [3.05, 3.63) is 35.7 Å². The molecular formula is C13H16F2N4. The van der Waals surface area contributed by atoms with E-state index in [1.807, 2.05) is 20.8 Å². The van der Waals surface area contributed by atoms with E-state index in [0.29, 0.717) is 17.2 Å². The number of nitrogens with two attached hydrogens (primary N) is 1. The van der Waals surface area contributed by atoms with Gasteiger partial charge in [-0.15, -0.1) is 10.2 Å². The third-order valence-corrected chi connectivity index (χ3v) is 2.70. The van der Waals surface area contributed by atoms with Crippen LogP contribution in [0.4, 0.5) is 8.78 Å². The highest BCUT2D eigenvalue weighted by Crippen LogP contribution is 2.27. The predicted octanol–water partition coefficient (Wildman–Crippen LogP) is 2.44. The first kappa shape index (κ1) is 13.6. The molecule has 2 N–H and O–H groups in total. The number of hydrogen-bond acceptors (Lipinski definition) is 3. The molecule has 0 fully saturated rings. The minimum Gasteiger partial charge on any atom is -0.324 e. The van der Waals surface area contributed by atoms with Gasteiger partial charge in [-0.2, -0.15) is 0 Å². The van der Waals surface area contributed by atoms with Crippen LogP contribution < -0.4 is 5.73 Å². The van der Waals surface area contributed by atoms with Gasteiger partial charge >= 0.3 is 0 Å². The molecule has 0 atom stereocenters. The first-order valence-electron chi connectivity index (χ1n) is 5.94. The van der Waals surface area contributed by atoms with Crippen LogP contribution in [-0.4, -0.2) is 14.8 Å². The Morgan fingerprint density at radius 2 is 1.68 bits per heavy atom. The molecule has 0 spiro atoms. The Labute approximate surface area is 110 Å². The van der Waals surface area contributed by atoms with Gasteiger partial charge in [-0.25, -0.2) is 8.78 Å². The van der Waals surface area contributed by atoms with Gasteiger partial charge < -0.3 is 10.3 Å². The van der Waals surface area contributed by atoms with Crippen LogP contribution in [0.2, 0.25) is 0 Å². The monoisotopic (exact) mass is 266 g/mol. The maximum Gasteiger partial charge on any atom is 0.164 e. The molecule has 1 heterocycles. The van der Waals surface area contributed by atoms with Crippen molar-refractivity contribution in [3.63, 3.8) is 0 Å². The van der Waals surface area contributed by atoms with Crippen molar-refractivity contribution in [2.75, 3.05) is 0 Å². The van der Waals surface area contributed by atoms with Gasteiger partial charge in [0.2, 0.25) is 0 Å². The largest absolute Gasteiger partial charge is 0.324 e. The first-order valence-corrected chi connectivity index (χ1v) is 5.94. The van der Waals surface area contributed by atoms with Crippen LogP contribution in [0, 0.1) is 11.6 Å². The lowest BCUT2D eigenvalue weighted by molar-refractivity contribution is 0.386. The highest BCUT2D eigenvalue weighted by molar-refractivity contribution is 5.56. The summed E-state index contributed by atoms with van der Waals surface area (Å²) in [5.41, 5.74) is 5.64. The Morgan fingerprint density at radius 1 is 1.11 bits per heavy atom. The molecule has 0 aliphatic rings. The molecule has 19 heavy (non-hydrogen) atoms. The van der Waals surface area contributed by atoms with E-state index >= 15 is 0 Å². The third-order valence-electron chi connectivity index (χ3n) is 2.70. The van der Waals surface area contributed by atoms with E-state index in [4.69, 9.17) is 5.73 Å². The molecule has 2 aromatic rings. The summed E-state index contributed by atoms with van der Waals surface area (Å²) in [6.45, 7) is 6.07. The summed E-state index contributed by atoms with van der Waals surface area (Å²) >= 11 is 0. The topological polar surface area (TPSA) is 56.7 Å². The molecule has 0 bridgehead atoms. The molecule has 4 nitrogen and oxygen atoms in total. The summed E-state index contributed by atoms with van der Waals surface area (Å²) in [7, 11) is 0. The Bertz CT molecular complexity index is 579. The van der Waals surface area contributed by atoms with Gasteiger partial charge in [-0.1, -0.05) is 0 Å². The SMILES string of the molecule is CC(C)(C)n1c(CN)nnc1-c1cc(F)cc(F)c1. The van der Waals surface area contributed by atoms with Crippen molar-refractivity contribution < 1.29 is 8.78 Å². The fraction of sp³-hybridized carbons (Fsp3) is 0.385. The Balaban J connectivity index is 2.66. The standard InChI is InChI=1S/C13H16F2N4/c1-13(2,3)19-11(7-16)17-18-12(19)8-4-9(14)6-10(15)5-8/h4-6H,7,16H2,1-3H3. The summed E-state index contributed by atoms with van der Waals surface area (Å²) in [4.78, 5) is 0. The van der Waals surface area contributed by atoms with E-state index < -0.39 is 11.6 Å². The van der Waals surface area contributed by atoms with Crippen molar-refractivity contribution in [2.24, 2.45) is 5.73 Å². The normalized spacial score (nSPS) is 11.9. The second-order valence-corrected chi connectivity index (χ2v) is 5.31. The van der Waals surface area contributed by atoms with Crippen molar-refractivity contribution in [2.45, 2.75) is 32.9 Å². The molecule has 0 saturated carbocycles. The van der Waals surface area contributed by atoms with E-state index in [1.54, 1.807) is 4.57 Å². The Morgan fingerprint density at radius 3 is 2.16 bits per heavy atom. The fourth-order valence-electron chi connectivity index (χ4n) is 2.02. The van der Waals surface area contributed by atoms with Crippen molar-refractivity contribution in [1.82, 2.24) is 14.8 Å². The Hall–Kier alpha value is -1.82. The summed E-state index contributed by atoms with van der Waals surface area (Å²) in [6.07, 6.45) is 0. The van der Waals surface area contributed by atoms with Gasteiger partial charge in [0.25, 0.3) is 0 Å². The van der Waals surface area contributed by atoms with Crippen LogP contribution in [0.3, 0.4) is 0 Å². The lowest BCUT2D eigenvalue weighted by Crippen LogP contribution is -2.26. The second kappa shape index (κ2) is 4.70. The van der Waals surface area contributed by atoms with E-state index in [1.165, 1.54) is 12.1 Å². The molecule has 0 saturated heterocycles. The van der Waals surface area contributed by atoms with Crippen LogP contribution in [-0.2, 0) is 12.1 Å².